The maximum atomic E-state index is 13.5. The Labute approximate surface area is 133 Å². The average molecular weight is 344 g/mol. The van der Waals surface area contributed by atoms with Crippen molar-refractivity contribution in [1.82, 2.24) is 9.62 Å². The van der Waals surface area contributed by atoms with Crippen molar-refractivity contribution in [3.8, 4) is 0 Å². The molecule has 7 nitrogen and oxygen atoms in total. The van der Waals surface area contributed by atoms with Crippen molar-refractivity contribution in [3.63, 3.8) is 0 Å². The number of hydrogen-bond acceptors (Lipinski definition) is 4. The molecular formula is C14H17FN2O5S. The van der Waals surface area contributed by atoms with Crippen molar-refractivity contribution in [1.29, 1.82) is 0 Å². The van der Waals surface area contributed by atoms with Gasteiger partial charge in [0, 0.05) is 19.5 Å². The Morgan fingerprint density at radius 2 is 2.04 bits per heavy atom. The standard InChI is InChI=1S/C14H17FN2O5S/c15-10-4-1-2-6-12(10)23(21,22)16-8-7-13(18)17-9-3-5-11(17)14(19)20/h1-2,4,6,11,16H,3,5,7-9H2,(H,19,20). The minimum Gasteiger partial charge on any atom is -0.480 e. The molecule has 1 fully saturated rings. The Hall–Kier alpha value is -2.00. The third-order valence-corrected chi connectivity index (χ3v) is 5.11. The third-order valence-electron chi connectivity index (χ3n) is 3.62. The number of nitrogens with one attached hydrogen (secondary N) is 1. The SMILES string of the molecule is O=C(O)C1CCCN1C(=O)CCNS(=O)(=O)c1ccccc1F. The number of aliphatic carboxylic acids is 1. The fourth-order valence-corrected chi connectivity index (χ4v) is 3.61. The van der Waals surface area contributed by atoms with Crippen molar-refractivity contribution < 1.29 is 27.5 Å². The molecule has 1 atom stereocenters. The number of nitrogens with zero attached hydrogens (tertiary/aromatic N) is 1. The molecule has 1 aliphatic rings. The highest BCUT2D eigenvalue weighted by molar-refractivity contribution is 7.89. The Bertz CT molecular complexity index is 707. The van der Waals surface area contributed by atoms with Crippen LogP contribution in [0.4, 0.5) is 4.39 Å². The van der Waals surface area contributed by atoms with Crippen LogP contribution >= 0.6 is 0 Å². The predicted octanol–water partition coefficient (Wildman–Crippen LogP) is 0.570. The van der Waals surface area contributed by atoms with Gasteiger partial charge in [0.05, 0.1) is 0 Å². The normalized spacial score (nSPS) is 18.1. The van der Waals surface area contributed by atoms with E-state index in [1.165, 1.54) is 17.0 Å². The van der Waals surface area contributed by atoms with Gasteiger partial charge in [-0.1, -0.05) is 12.1 Å². The fourth-order valence-electron chi connectivity index (χ4n) is 2.50. The fraction of sp³-hybridized carbons (Fsp3) is 0.429. The molecule has 1 aromatic rings. The maximum Gasteiger partial charge on any atom is 0.326 e. The predicted molar refractivity (Wildman–Crippen MR) is 78.6 cm³/mol. The molecule has 1 heterocycles. The molecule has 126 valence electrons. The Kier molecular flexibility index (Phi) is 5.32. The van der Waals surface area contributed by atoms with Crippen LogP contribution in [0, 0.1) is 5.82 Å². The molecule has 0 bridgehead atoms. The molecule has 9 heteroatoms. The largest absolute Gasteiger partial charge is 0.480 e. The first kappa shape index (κ1) is 17.4. The van der Waals surface area contributed by atoms with Crippen LogP contribution in [0.25, 0.3) is 0 Å². The van der Waals surface area contributed by atoms with Gasteiger partial charge in [0.2, 0.25) is 15.9 Å². The van der Waals surface area contributed by atoms with Gasteiger partial charge in [-0.3, -0.25) is 4.79 Å². The van der Waals surface area contributed by atoms with Gasteiger partial charge in [0.1, 0.15) is 16.8 Å². The summed E-state index contributed by atoms with van der Waals surface area (Å²) >= 11 is 0. The van der Waals surface area contributed by atoms with E-state index in [2.05, 4.69) is 4.72 Å². The van der Waals surface area contributed by atoms with Crippen LogP contribution in [0.2, 0.25) is 0 Å². The highest BCUT2D eigenvalue weighted by Crippen LogP contribution is 2.18. The molecule has 0 aliphatic carbocycles. The van der Waals surface area contributed by atoms with E-state index in [0.717, 1.165) is 12.1 Å². The van der Waals surface area contributed by atoms with Crippen LogP contribution in [0.5, 0.6) is 0 Å². The monoisotopic (exact) mass is 344 g/mol. The molecule has 1 unspecified atom stereocenters. The van der Waals surface area contributed by atoms with Gasteiger partial charge in [-0.05, 0) is 25.0 Å². The summed E-state index contributed by atoms with van der Waals surface area (Å²) in [5.41, 5.74) is 0. The van der Waals surface area contributed by atoms with E-state index in [1.54, 1.807) is 0 Å². The number of carboxylic acid groups (broad SMARTS) is 1. The minimum atomic E-state index is -4.05. The van der Waals surface area contributed by atoms with Crippen LogP contribution in [0.15, 0.2) is 29.2 Å². The average Bonchev–Trinajstić information content (AvgIpc) is 2.97. The Morgan fingerprint density at radius 3 is 2.70 bits per heavy atom. The lowest BCUT2D eigenvalue weighted by Gasteiger charge is -2.21. The number of hydrogen-bond donors (Lipinski definition) is 2. The van der Waals surface area contributed by atoms with E-state index >= 15 is 0 Å². The lowest BCUT2D eigenvalue weighted by atomic mass is 10.2. The zero-order valence-electron chi connectivity index (χ0n) is 12.2. The van der Waals surface area contributed by atoms with Crippen molar-refractivity contribution in [3.05, 3.63) is 30.1 Å². The number of carbonyl (C=O) groups is 2. The summed E-state index contributed by atoms with van der Waals surface area (Å²) in [5.74, 6) is -2.38. The summed E-state index contributed by atoms with van der Waals surface area (Å²) in [6.07, 6.45) is 0.809. The van der Waals surface area contributed by atoms with Crippen LogP contribution < -0.4 is 4.72 Å². The lowest BCUT2D eigenvalue weighted by molar-refractivity contribution is -0.148. The molecule has 0 aromatic heterocycles. The molecule has 0 radical (unpaired) electrons. The van der Waals surface area contributed by atoms with Gasteiger partial charge in [0.25, 0.3) is 0 Å². The van der Waals surface area contributed by atoms with Crippen LogP contribution in [-0.2, 0) is 19.6 Å². The molecule has 2 rings (SSSR count). The zero-order chi connectivity index (χ0) is 17.0. The maximum absolute atomic E-state index is 13.5. The van der Waals surface area contributed by atoms with Gasteiger partial charge in [-0.15, -0.1) is 0 Å². The van der Waals surface area contributed by atoms with Gasteiger partial charge < -0.3 is 10.0 Å². The zero-order valence-corrected chi connectivity index (χ0v) is 13.1. The van der Waals surface area contributed by atoms with E-state index in [-0.39, 0.29) is 13.0 Å². The van der Waals surface area contributed by atoms with E-state index in [9.17, 15) is 22.4 Å². The molecule has 1 saturated heterocycles. The van der Waals surface area contributed by atoms with E-state index in [0.29, 0.717) is 19.4 Å². The molecule has 2 N–H and O–H groups in total. The highest BCUT2D eigenvalue weighted by Gasteiger charge is 2.33. The summed E-state index contributed by atoms with van der Waals surface area (Å²) < 4.78 is 39.6. The summed E-state index contributed by atoms with van der Waals surface area (Å²) in [6, 6.07) is 4.06. The summed E-state index contributed by atoms with van der Waals surface area (Å²) in [7, 11) is -4.05. The Morgan fingerprint density at radius 1 is 1.35 bits per heavy atom. The highest BCUT2D eigenvalue weighted by atomic mass is 32.2. The second kappa shape index (κ2) is 7.05. The first-order valence-corrected chi connectivity index (χ1v) is 8.57. The van der Waals surface area contributed by atoms with Gasteiger partial charge in [0.15, 0.2) is 0 Å². The first-order chi connectivity index (χ1) is 10.8. The van der Waals surface area contributed by atoms with Crippen LogP contribution in [-0.4, -0.2) is 49.4 Å². The topological polar surface area (TPSA) is 104 Å². The second-order valence-electron chi connectivity index (χ2n) is 5.16. The summed E-state index contributed by atoms with van der Waals surface area (Å²) in [4.78, 5) is 23.8. The molecule has 1 aliphatic heterocycles. The van der Waals surface area contributed by atoms with E-state index in [1.807, 2.05) is 0 Å². The molecule has 23 heavy (non-hydrogen) atoms. The smallest absolute Gasteiger partial charge is 0.326 e. The van der Waals surface area contributed by atoms with Crippen LogP contribution in [0.3, 0.4) is 0 Å². The summed E-state index contributed by atoms with van der Waals surface area (Å²) in [5, 5.41) is 9.02. The molecule has 1 amide bonds. The lowest BCUT2D eigenvalue weighted by Crippen LogP contribution is -2.41. The number of likely N-dealkylation sites (tertiary alicyclic amines) is 1. The molecule has 1 aromatic carbocycles. The van der Waals surface area contributed by atoms with E-state index < -0.39 is 38.7 Å². The number of carbonyl (C=O) groups excluding carboxylic acids is 1. The molecular weight excluding hydrogens is 327 g/mol. The van der Waals surface area contributed by atoms with E-state index in [4.69, 9.17) is 5.11 Å². The number of carboxylic acids is 1. The molecule has 0 saturated carbocycles. The third kappa shape index (κ3) is 4.05. The number of rotatable bonds is 6. The van der Waals surface area contributed by atoms with Gasteiger partial charge in [-0.2, -0.15) is 0 Å². The van der Waals surface area contributed by atoms with Gasteiger partial charge >= 0.3 is 5.97 Å². The van der Waals surface area contributed by atoms with Crippen molar-refractivity contribution >= 4 is 21.9 Å². The van der Waals surface area contributed by atoms with Crippen LogP contribution in [0.1, 0.15) is 19.3 Å². The van der Waals surface area contributed by atoms with Crippen molar-refractivity contribution in [2.24, 2.45) is 0 Å². The first-order valence-electron chi connectivity index (χ1n) is 7.09. The summed E-state index contributed by atoms with van der Waals surface area (Å²) in [6.45, 7) is 0.119. The number of halogens is 1. The molecule has 0 spiro atoms. The number of amides is 1. The number of benzene rings is 1. The Balaban J connectivity index is 1.93. The minimum absolute atomic E-state index is 0.183. The van der Waals surface area contributed by atoms with Crippen molar-refractivity contribution in [2.75, 3.05) is 13.1 Å². The second-order valence-corrected chi connectivity index (χ2v) is 6.90. The number of sulfonamides is 1. The van der Waals surface area contributed by atoms with Gasteiger partial charge in [-0.25, -0.2) is 22.3 Å². The quantitative estimate of drug-likeness (QED) is 0.785. The van der Waals surface area contributed by atoms with Crippen molar-refractivity contribution in [2.45, 2.75) is 30.2 Å².